The van der Waals surface area contributed by atoms with Gasteiger partial charge in [0.1, 0.15) is 28.0 Å². The smallest absolute Gasteiger partial charge is 0.178 e. The molecule has 25 heavy (non-hydrogen) atoms. The van der Waals surface area contributed by atoms with E-state index in [4.69, 9.17) is 9.81 Å². The summed E-state index contributed by atoms with van der Waals surface area (Å²) in [6.45, 7) is 0. The van der Waals surface area contributed by atoms with E-state index in [0.29, 0.717) is 0 Å². The Morgan fingerprint density at radius 2 is 1.52 bits per heavy atom. The maximum absolute atomic E-state index is 10.2. The van der Waals surface area contributed by atoms with Crippen molar-refractivity contribution in [3.63, 3.8) is 0 Å². The van der Waals surface area contributed by atoms with Crippen LogP contribution < -0.4 is 0 Å². The predicted molar refractivity (Wildman–Crippen MR) is 121 cm³/mol. The van der Waals surface area contributed by atoms with Crippen molar-refractivity contribution in [2.45, 2.75) is 7.43 Å². The van der Waals surface area contributed by atoms with Gasteiger partial charge in [0.15, 0.2) is 9.47 Å². The molecule has 0 spiro atoms. The van der Waals surface area contributed by atoms with Gasteiger partial charge in [-0.3, -0.25) is 0 Å². The summed E-state index contributed by atoms with van der Waals surface area (Å²) in [5.41, 5.74) is 0. The summed E-state index contributed by atoms with van der Waals surface area (Å²) in [5.74, 6) is 0. The van der Waals surface area contributed by atoms with Gasteiger partial charge in [0.2, 0.25) is 0 Å². The van der Waals surface area contributed by atoms with Gasteiger partial charge in [-0.2, -0.15) is 0 Å². The molecule has 0 aliphatic heterocycles. The topological polar surface area (TPSA) is 113 Å². The van der Waals surface area contributed by atoms with Crippen molar-refractivity contribution in [3.05, 3.63) is 27.9 Å². The second kappa shape index (κ2) is 11.4. The van der Waals surface area contributed by atoms with E-state index in [1.54, 1.807) is 0 Å². The molecule has 0 fully saturated rings. The Balaban J connectivity index is 0. The first-order valence-corrected chi connectivity index (χ1v) is 12.9. The summed E-state index contributed by atoms with van der Waals surface area (Å²) >= 11 is 19.4. The highest BCUT2D eigenvalue weighted by atomic mass is 79.9. The lowest BCUT2D eigenvalue weighted by Crippen LogP contribution is -2.29. The summed E-state index contributed by atoms with van der Waals surface area (Å²) in [6.07, 6.45) is 1.80. The monoisotopic (exact) mass is 762 g/mol. The van der Waals surface area contributed by atoms with Gasteiger partial charge in [0.05, 0.1) is 0 Å². The van der Waals surface area contributed by atoms with Crippen LogP contribution in [0, 0.1) is 0 Å². The summed E-state index contributed by atoms with van der Waals surface area (Å²) in [7, 11) is -2.15. The molecule has 0 saturated carbocycles. The van der Waals surface area contributed by atoms with Gasteiger partial charge < -0.3 is 14.1 Å². The van der Waals surface area contributed by atoms with Gasteiger partial charge >= 0.3 is 0 Å². The van der Waals surface area contributed by atoms with Crippen LogP contribution in [0.25, 0.3) is 0 Å². The first-order chi connectivity index (χ1) is 10.6. The molecule has 2 aromatic heterocycles. The third-order valence-corrected chi connectivity index (χ3v) is 6.92. The van der Waals surface area contributed by atoms with Crippen molar-refractivity contribution in [3.8, 4) is 0 Å². The Morgan fingerprint density at radius 3 is 1.60 bits per heavy atom. The van der Waals surface area contributed by atoms with Crippen LogP contribution >= 0.6 is 95.6 Å². The van der Waals surface area contributed by atoms with E-state index in [0.717, 1.165) is 40.4 Å². The molecule has 148 valence electrons. The first kappa shape index (κ1) is 28.5. The minimum absolute atomic E-state index is 0. The Kier molecular flexibility index (Phi) is 13.0. The van der Waals surface area contributed by atoms with Crippen molar-refractivity contribution >= 4 is 105 Å². The predicted octanol–water partition coefficient (Wildman–Crippen LogP) is 5.98. The highest BCUT2D eigenvalue weighted by molar-refractivity contribution is 9.13. The van der Waals surface area contributed by atoms with Crippen LogP contribution in [-0.4, -0.2) is 46.0 Å². The first-order valence-electron chi connectivity index (χ1n) is 5.44. The van der Waals surface area contributed by atoms with Crippen molar-refractivity contribution in [1.29, 1.82) is 0 Å². The third kappa shape index (κ3) is 12.4. The number of aromatic nitrogens is 4. The zero-order chi connectivity index (χ0) is 19.3. The van der Waals surface area contributed by atoms with E-state index in [1.165, 1.54) is 0 Å². The molecule has 8 nitrogen and oxygen atoms in total. The summed E-state index contributed by atoms with van der Waals surface area (Å²) < 4.78 is 28.6. The van der Waals surface area contributed by atoms with Crippen molar-refractivity contribution in [2.75, 3.05) is 12.5 Å². The normalized spacial score (nSPS) is 11.9. The fourth-order valence-corrected chi connectivity index (χ4v) is 3.68. The van der Waals surface area contributed by atoms with Crippen LogP contribution in [-0.2, 0) is 21.0 Å². The molecule has 0 bridgehead atoms. The molecule has 15 heteroatoms. The number of aromatic amines is 1. The molecule has 2 heterocycles. The summed E-state index contributed by atoms with van der Waals surface area (Å²) in [5, 5.41) is 7.65. The fourth-order valence-electron chi connectivity index (χ4n) is 0.727. The average Bonchev–Trinajstić information content (AvgIpc) is 2.83. The van der Waals surface area contributed by atoms with E-state index < -0.39 is 9.63 Å². The van der Waals surface area contributed by atoms with E-state index >= 15 is 0 Å². The van der Waals surface area contributed by atoms with E-state index in [2.05, 4.69) is 115 Å². The van der Waals surface area contributed by atoms with Crippen molar-refractivity contribution < 1.29 is 18.4 Å². The van der Waals surface area contributed by atoms with Gasteiger partial charge in [-0.05, 0) is 95.6 Å². The zero-order valence-corrected chi connectivity index (χ0v) is 22.6. The molecule has 0 atom stereocenters. The molecule has 0 aliphatic carbocycles. The van der Waals surface area contributed by atoms with Crippen LogP contribution in [0.2, 0.25) is 0 Å². The number of rotatable bonds is 1. The van der Waals surface area contributed by atoms with E-state index in [1.807, 2.05) is 11.6 Å². The number of hydrogen-bond acceptors (Lipinski definition) is 5. The Morgan fingerprint density at radius 1 is 1.08 bits per heavy atom. The zero-order valence-electron chi connectivity index (χ0n) is 12.2. The highest BCUT2D eigenvalue weighted by Crippen LogP contribution is 2.24. The van der Waals surface area contributed by atoms with Gasteiger partial charge in [0.25, 0.3) is 0 Å². The minimum atomic E-state index is -4.06. The van der Waals surface area contributed by atoms with Crippen LogP contribution in [0.1, 0.15) is 7.43 Å². The van der Waals surface area contributed by atoms with Crippen molar-refractivity contribution in [2.24, 2.45) is 7.05 Å². The third-order valence-electron chi connectivity index (χ3n) is 1.74. The summed E-state index contributed by atoms with van der Waals surface area (Å²) in [6, 6.07) is 0. The number of imidazole rings is 2. The Labute approximate surface area is 196 Å². The lowest BCUT2D eigenvalue weighted by Gasteiger charge is -2.20. The SMILES string of the molecule is Brc1nc(Br)c(Br)[nH]1.C.CS(C)(=O)(O)OO.Cn1c(Br)nc(Br)c1Br. The van der Waals surface area contributed by atoms with Crippen LogP contribution in [0.15, 0.2) is 27.9 Å². The molecular weight excluding hydrogens is 752 g/mol. The summed E-state index contributed by atoms with van der Waals surface area (Å²) in [4.78, 5) is 10.9. The molecule has 0 radical (unpaired) electrons. The van der Waals surface area contributed by atoms with Gasteiger partial charge in [-0.25, -0.2) is 19.4 Å². The number of hydrogen-bond donors (Lipinski definition) is 3. The largest absolute Gasteiger partial charge is 0.326 e. The van der Waals surface area contributed by atoms with Gasteiger partial charge in [-0.1, -0.05) is 7.43 Å². The van der Waals surface area contributed by atoms with Gasteiger partial charge in [-0.15, -0.1) is 4.33 Å². The van der Waals surface area contributed by atoms with Crippen LogP contribution in [0.4, 0.5) is 0 Å². The average molecular weight is 768 g/mol. The second-order valence-corrected chi connectivity index (χ2v) is 12.4. The maximum atomic E-state index is 10.2. The fraction of sp³-hybridized carbons (Fsp3) is 0.400. The molecule has 2 aromatic rings. The molecule has 0 amide bonds. The molecule has 0 saturated heterocycles. The maximum Gasteiger partial charge on any atom is 0.178 e. The number of nitrogens with zero attached hydrogens (tertiary/aromatic N) is 3. The van der Waals surface area contributed by atoms with E-state index in [9.17, 15) is 4.21 Å². The van der Waals surface area contributed by atoms with E-state index in [-0.39, 0.29) is 7.43 Å². The minimum Gasteiger partial charge on any atom is -0.326 e. The standard InChI is InChI=1S/C4H3Br3N2.C3HBr3N2.C2H8O4S.CH4/c1-9-3(6)2(5)8-4(9)7;4-1-2(5)8-3(6)7-1;1-7(2,4,5)6-3;/h1H3;(H,7,8);3H,1-2H3,(H,4,5);1H4. The van der Waals surface area contributed by atoms with Crippen molar-refractivity contribution in [1.82, 2.24) is 19.5 Å². The van der Waals surface area contributed by atoms with Gasteiger partial charge in [0, 0.05) is 19.6 Å². The van der Waals surface area contributed by atoms with Crippen LogP contribution in [0.5, 0.6) is 0 Å². The molecule has 0 unspecified atom stereocenters. The molecule has 0 aromatic carbocycles. The lowest BCUT2D eigenvalue weighted by atomic mass is 10.9. The lowest BCUT2D eigenvalue weighted by molar-refractivity contribution is -0.141. The quantitative estimate of drug-likeness (QED) is 0.243. The number of nitrogens with one attached hydrogen (secondary N) is 1. The highest BCUT2D eigenvalue weighted by Gasteiger charge is 2.18. The second-order valence-electron chi connectivity index (χ2n) is 4.39. The number of H-pyrrole nitrogens is 1. The Hall–Kier alpha value is 1.33. The molecule has 3 N–H and O–H groups in total. The molecule has 2 rings (SSSR count). The Bertz CT molecular complexity index is 706. The number of halogens is 6. The molecular formula is C10H16Br6N4O4S. The molecule has 0 aliphatic rings. The van der Waals surface area contributed by atoms with Crippen LogP contribution in [0.3, 0.4) is 0 Å².